The van der Waals surface area contributed by atoms with Crippen LogP contribution in [0.1, 0.15) is 44.6 Å². The maximum Gasteiger partial charge on any atom is 0.217 e. The number of nitrogens with one attached hydrogen (secondary N) is 1. The number of hydrogen-bond acceptors (Lipinski definition) is 6. The standard InChI is InChI=1S/C34H40FN5O2/c1-3-21-6-4-7-22-12-26(41)13-27(32(21)22)29-14-28-30(38(29)2)15-31(37-33(28)39-18-24-8-9-25(19-39)36-24)42-20-34-10-5-11-40(34)17-23(35)16-34/h4,6-7,12-15,23-25,36,41H,3,5,8-11,16-20H2,1-2H3/t23-,24?,25?,34+/m1/s1. The summed E-state index contributed by atoms with van der Waals surface area (Å²) in [7, 11) is 2.10. The number of anilines is 1. The Bertz CT molecular complexity index is 1670. The van der Waals surface area contributed by atoms with Crippen LogP contribution >= 0.6 is 0 Å². The van der Waals surface area contributed by atoms with E-state index in [0.717, 1.165) is 72.3 Å². The molecule has 4 saturated heterocycles. The second-order valence-corrected chi connectivity index (χ2v) is 13.1. The average molecular weight is 570 g/mol. The number of fused-ring (bicyclic) bond motifs is 5. The Kier molecular flexibility index (Phi) is 6.16. The van der Waals surface area contributed by atoms with Gasteiger partial charge in [0.1, 0.15) is 24.3 Å². The summed E-state index contributed by atoms with van der Waals surface area (Å²) in [6.07, 6.45) is 5.12. The lowest BCUT2D eigenvalue weighted by Gasteiger charge is -2.34. The van der Waals surface area contributed by atoms with Gasteiger partial charge in [-0.2, -0.15) is 4.98 Å². The number of phenolic OH excluding ortho intramolecular Hbond substituents is 1. The molecule has 0 radical (unpaired) electrons. The van der Waals surface area contributed by atoms with E-state index in [-0.39, 0.29) is 11.3 Å². The van der Waals surface area contributed by atoms with Gasteiger partial charge in [0.2, 0.25) is 5.88 Å². The van der Waals surface area contributed by atoms with Gasteiger partial charge in [-0.15, -0.1) is 0 Å². The summed E-state index contributed by atoms with van der Waals surface area (Å²) in [6, 6.07) is 15.3. The second kappa shape index (κ2) is 9.85. The molecule has 2 N–H and O–H groups in total. The summed E-state index contributed by atoms with van der Waals surface area (Å²) in [6.45, 7) is 5.95. The van der Waals surface area contributed by atoms with E-state index in [1.165, 1.54) is 23.8 Å². The lowest BCUT2D eigenvalue weighted by molar-refractivity contribution is 0.111. The van der Waals surface area contributed by atoms with Crippen molar-refractivity contribution in [3.05, 3.63) is 48.0 Å². The Morgan fingerprint density at radius 2 is 1.95 bits per heavy atom. The monoisotopic (exact) mass is 569 g/mol. The average Bonchev–Trinajstić information content (AvgIpc) is 3.71. The van der Waals surface area contributed by atoms with Crippen LogP contribution in [-0.4, -0.2) is 76.1 Å². The van der Waals surface area contributed by atoms with Crippen LogP contribution in [0.15, 0.2) is 42.5 Å². The number of rotatable bonds is 6. The summed E-state index contributed by atoms with van der Waals surface area (Å²) in [5.74, 6) is 1.83. The van der Waals surface area contributed by atoms with E-state index in [4.69, 9.17) is 9.72 Å². The van der Waals surface area contributed by atoms with Gasteiger partial charge in [-0.1, -0.05) is 25.1 Å². The molecule has 220 valence electrons. The van der Waals surface area contributed by atoms with Crippen molar-refractivity contribution in [3.63, 3.8) is 0 Å². The van der Waals surface area contributed by atoms with Gasteiger partial charge in [-0.05, 0) is 73.2 Å². The zero-order chi connectivity index (χ0) is 28.6. The fourth-order valence-corrected chi connectivity index (χ4v) is 8.47. The zero-order valence-corrected chi connectivity index (χ0v) is 24.6. The summed E-state index contributed by atoms with van der Waals surface area (Å²) in [5, 5.41) is 17.8. The van der Waals surface area contributed by atoms with Crippen molar-refractivity contribution in [3.8, 4) is 22.9 Å². The second-order valence-electron chi connectivity index (χ2n) is 13.1. The van der Waals surface area contributed by atoms with Gasteiger partial charge in [-0.25, -0.2) is 4.39 Å². The maximum atomic E-state index is 14.5. The fraction of sp³-hybridized carbons (Fsp3) is 0.500. The highest BCUT2D eigenvalue weighted by molar-refractivity contribution is 6.03. The highest BCUT2D eigenvalue weighted by Crippen LogP contribution is 2.43. The van der Waals surface area contributed by atoms with Crippen molar-refractivity contribution in [2.24, 2.45) is 7.05 Å². The molecule has 0 aliphatic carbocycles. The Morgan fingerprint density at radius 1 is 1.12 bits per heavy atom. The molecule has 0 spiro atoms. The number of aromatic hydroxyl groups is 1. The van der Waals surface area contributed by atoms with Gasteiger partial charge >= 0.3 is 0 Å². The van der Waals surface area contributed by atoms with E-state index in [1.54, 1.807) is 0 Å². The summed E-state index contributed by atoms with van der Waals surface area (Å²) in [5.41, 5.74) is 4.16. The van der Waals surface area contributed by atoms with Crippen LogP contribution in [0.5, 0.6) is 11.6 Å². The molecule has 8 heteroatoms. The molecule has 8 rings (SSSR count). The first-order valence-electron chi connectivity index (χ1n) is 15.7. The molecule has 4 aliphatic rings. The summed E-state index contributed by atoms with van der Waals surface area (Å²) >= 11 is 0. The zero-order valence-electron chi connectivity index (χ0n) is 24.6. The van der Waals surface area contributed by atoms with Crippen LogP contribution in [0.25, 0.3) is 32.9 Å². The van der Waals surface area contributed by atoms with E-state index in [0.29, 0.717) is 37.5 Å². The number of alkyl halides is 1. The highest BCUT2D eigenvalue weighted by Gasteiger charge is 2.49. The predicted octanol–water partition coefficient (Wildman–Crippen LogP) is 5.56. The van der Waals surface area contributed by atoms with E-state index in [1.807, 2.05) is 12.1 Å². The predicted molar refractivity (Wildman–Crippen MR) is 165 cm³/mol. The van der Waals surface area contributed by atoms with Gasteiger partial charge < -0.3 is 24.6 Å². The Balaban J connectivity index is 1.26. The minimum Gasteiger partial charge on any atom is -0.508 e. The first-order chi connectivity index (χ1) is 20.4. The number of hydrogen-bond donors (Lipinski definition) is 2. The SMILES string of the molecule is CCc1cccc2cc(O)cc(-c3cc4c(N5CC6CCC(C5)N6)nc(OC[C@@]56CCCN5C[C@H](F)C6)cc4n3C)c12. The van der Waals surface area contributed by atoms with Crippen LogP contribution in [0.3, 0.4) is 0 Å². The number of pyridine rings is 1. The van der Waals surface area contributed by atoms with Crippen molar-refractivity contribution in [1.82, 2.24) is 19.8 Å². The third-order valence-corrected chi connectivity index (χ3v) is 10.5. The number of halogens is 1. The topological polar surface area (TPSA) is 65.8 Å². The number of aryl methyl sites for hydroxylation is 2. The molecule has 42 heavy (non-hydrogen) atoms. The van der Waals surface area contributed by atoms with E-state index < -0.39 is 6.17 Å². The number of nitrogens with zero attached hydrogens (tertiary/aromatic N) is 4. The van der Waals surface area contributed by atoms with Crippen LogP contribution in [0, 0.1) is 0 Å². The normalized spacial score (nSPS) is 27.4. The van der Waals surface area contributed by atoms with Crippen molar-refractivity contribution in [1.29, 1.82) is 0 Å². The Labute approximate surface area is 246 Å². The number of phenols is 1. The van der Waals surface area contributed by atoms with Crippen LogP contribution in [-0.2, 0) is 13.5 Å². The fourth-order valence-electron chi connectivity index (χ4n) is 8.47. The third-order valence-electron chi connectivity index (χ3n) is 10.5. The molecule has 4 aliphatic heterocycles. The molecule has 2 bridgehead atoms. The molecule has 7 nitrogen and oxygen atoms in total. The summed E-state index contributed by atoms with van der Waals surface area (Å²) < 4.78 is 23.2. The lowest BCUT2D eigenvalue weighted by Crippen LogP contribution is -2.51. The van der Waals surface area contributed by atoms with Gasteiger partial charge in [0.15, 0.2) is 0 Å². The quantitative estimate of drug-likeness (QED) is 0.317. The molecule has 2 aromatic carbocycles. The smallest absolute Gasteiger partial charge is 0.217 e. The van der Waals surface area contributed by atoms with E-state index >= 15 is 0 Å². The van der Waals surface area contributed by atoms with Crippen molar-refractivity contribution < 1.29 is 14.2 Å². The van der Waals surface area contributed by atoms with Gasteiger partial charge in [-0.3, -0.25) is 4.90 Å². The van der Waals surface area contributed by atoms with Crippen molar-refractivity contribution >= 4 is 27.5 Å². The first kappa shape index (κ1) is 26.3. The molecule has 0 saturated carbocycles. The molecule has 2 aromatic heterocycles. The molecule has 2 unspecified atom stereocenters. The minimum absolute atomic E-state index is 0.221. The van der Waals surface area contributed by atoms with Gasteiger partial charge in [0.25, 0.3) is 0 Å². The van der Waals surface area contributed by atoms with Gasteiger partial charge in [0, 0.05) is 67.9 Å². The maximum absolute atomic E-state index is 14.5. The van der Waals surface area contributed by atoms with Gasteiger partial charge in [0.05, 0.1) is 11.1 Å². The molecule has 4 atom stereocenters. The van der Waals surface area contributed by atoms with E-state index in [9.17, 15) is 9.50 Å². The lowest BCUT2D eigenvalue weighted by atomic mass is 9.95. The van der Waals surface area contributed by atoms with Crippen molar-refractivity contribution in [2.45, 2.75) is 69.2 Å². The Morgan fingerprint density at radius 3 is 2.76 bits per heavy atom. The van der Waals surface area contributed by atoms with E-state index in [2.05, 4.69) is 64.0 Å². The molecular weight excluding hydrogens is 529 g/mol. The van der Waals surface area contributed by atoms with Crippen LogP contribution in [0.4, 0.5) is 10.2 Å². The molecular formula is C34H40FN5O2. The molecule has 0 amide bonds. The number of piperazine rings is 1. The minimum atomic E-state index is -0.781. The van der Waals surface area contributed by atoms with Crippen LogP contribution in [0.2, 0.25) is 0 Å². The van der Waals surface area contributed by atoms with Crippen molar-refractivity contribution in [2.75, 3.05) is 37.7 Å². The first-order valence-corrected chi connectivity index (χ1v) is 15.7. The number of benzene rings is 2. The molecule has 4 fully saturated rings. The Hall–Kier alpha value is -3.36. The van der Waals surface area contributed by atoms with Crippen LogP contribution < -0.4 is 15.0 Å². The highest BCUT2D eigenvalue weighted by atomic mass is 19.1. The number of ether oxygens (including phenoxy) is 1. The molecule has 4 aromatic rings. The number of aromatic nitrogens is 2. The largest absolute Gasteiger partial charge is 0.508 e. The third kappa shape index (κ3) is 4.17. The summed E-state index contributed by atoms with van der Waals surface area (Å²) in [4.78, 5) is 9.90. The molecule has 6 heterocycles.